The van der Waals surface area contributed by atoms with Crippen molar-refractivity contribution in [2.45, 2.75) is 24.7 Å². The van der Waals surface area contributed by atoms with Crippen LogP contribution < -0.4 is 5.73 Å². The zero-order valence-electron chi connectivity index (χ0n) is 12.3. The van der Waals surface area contributed by atoms with E-state index in [-0.39, 0.29) is 22.7 Å². The quantitative estimate of drug-likeness (QED) is 0.614. The predicted molar refractivity (Wildman–Crippen MR) is 78.9 cm³/mol. The monoisotopic (exact) mass is 316 g/mol. The van der Waals surface area contributed by atoms with Crippen LogP contribution in [0.3, 0.4) is 0 Å². The van der Waals surface area contributed by atoms with E-state index < -0.39 is 15.8 Å². The summed E-state index contributed by atoms with van der Waals surface area (Å²) < 4.78 is 45.1. The van der Waals surface area contributed by atoms with Crippen LogP contribution in [0.25, 0.3) is 0 Å². The van der Waals surface area contributed by atoms with Crippen molar-refractivity contribution in [2.24, 2.45) is 5.92 Å². The molecule has 0 bridgehead atoms. The molecule has 0 heterocycles. The maximum absolute atomic E-state index is 13.6. The number of hydrogen-bond donors (Lipinski definition) is 1. The Kier molecular flexibility index (Phi) is 4.85. The van der Waals surface area contributed by atoms with E-state index in [0.717, 1.165) is 6.07 Å². The van der Waals surface area contributed by atoms with Crippen LogP contribution in [0.1, 0.15) is 18.4 Å². The number of ether oxygens (including phenoxy) is 1. The molecule has 2 N–H and O–H groups in total. The lowest BCUT2D eigenvalue weighted by atomic mass is 10.2. The number of rotatable bonds is 7. The Bertz CT molecular complexity index is 615. The molecule has 0 spiro atoms. The molecule has 2 rings (SSSR count). The first-order valence-electron chi connectivity index (χ1n) is 6.92. The van der Waals surface area contributed by atoms with Crippen molar-refractivity contribution in [1.29, 1.82) is 0 Å². The van der Waals surface area contributed by atoms with Gasteiger partial charge in [-0.1, -0.05) is 0 Å². The van der Waals surface area contributed by atoms with Gasteiger partial charge in [0.05, 0.1) is 11.5 Å². The molecule has 0 saturated heterocycles. The number of sulfonamides is 1. The molecule has 0 atom stereocenters. The lowest BCUT2D eigenvalue weighted by Gasteiger charge is -2.19. The summed E-state index contributed by atoms with van der Waals surface area (Å²) in [4.78, 5) is -0.0929. The maximum Gasteiger partial charge on any atom is 0.243 e. The van der Waals surface area contributed by atoms with Gasteiger partial charge in [-0.25, -0.2) is 12.8 Å². The standard InChI is InChI=1S/C14H21FN2O3S/c1-10-13(15)7-12(16)8-14(10)21(18,19)17(2)5-6-20-9-11-3-4-11/h7-8,11H,3-6,9,16H2,1-2H3. The molecule has 1 saturated carbocycles. The number of nitrogens with two attached hydrogens (primary N) is 1. The highest BCUT2D eigenvalue weighted by Crippen LogP contribution is 2.28. The molecule has 7 heteroatoms. The van der Waals surface area contributed by atoms with E-state index in [1.54, 1.807) is 0 Å². The molecule has 0 aliphatic heterocycles. The Morgan fingerprint density at radius 3 is 2.71 bits per heavy atom. The van der Waals surface area contributed by atoms with Crippen LogP contribution in [0.2, 0.25) is 0 Å². The largest absolute Gasteiger partial charge is 0.399 e. The fraction of sp³-hybridized carbons (Fsp3) is 0.571. The van der Waals surface area contributed by atoms with E-state index in [0.29, 0.717) is 19.1 Å². The van der Waals surface area contributed by atoms with Crippen LogP contribution in [0.4, 0.5) is 10.1 Å². The third-order valence-corrected chi connectivity index (χ3v) is 5.59. The Morgan fingerprint density at radius 2 is 2.10 bits per heavy atom. The Morgan fingerprint density at radius 1 is 1.43 bits per heavy atom. The van der Waals surface area contributed by atoms with Crippen LogP contribution in [0.15, 0.2) is 17.0 Å². The molecule has 0 unspecified atom stereocenters. The number of anilines is 1. The minimum absolute atomic E-state index is 0.0787. The number of halogens is 1. The SMILES string of the molecule is Cc1c(F)cc(N)cc1S(=O)(=O)N(C)CCOCC1CC1. The normalized spacial score (nSPS) is 15.6. The minimum atomic E-state index is -3.77. The van der Waals surface area contributed by atoms with Gasteiger partial charge >= 0.3 is 0 Å². The topological polar surface area (TPSA) is 72.6 Å². The molecule has 0 amide bonds. The minimum Gasteiger partial charge on any atom is -0.399 e. The molecule has 0 radical (unpaired) electrons. The van der Waals surface area contributed by atoms with Gasteiger partial charge in [0.15, 0.2) is 0 Å². The lowest BCUT2D eigenvalue weighted by Crippen LogP contribution is -2.31. The molecule has 1 fully saturated rings. The van der Waals surface area contributed by atoms with E-state index >= 15 is 0 Å². The Labute approximate surface area is 124 Å². The van der Waals surface area contributed by atoms with Crippen LogP contribution in [-0.4, -0.2) is 39.5 Å². The second-order valence-corrected chi connectivity index (χ2v) is 7.48. The van der Waals surface area contributed by atoms with E-state index in [9.17, 15) is 12.8 Å². The van der Waals surface area contributed by atoms with Crippen molar-refractivity contribution in [2.75, 3.05) is 32.5 Å². The van der Waals surface area contributed by atoms with Gasteiger partial charge in [0.1, 0.15) is 5.82 Å². The van der Waals surface area contributed by atoms with Gasteiger partial charge in [0.25, 0.3) is 0 Å². The van der Waals surface area contributed by atoms with Crippen molar-refractivity contribution in [3.63, 3.8) is 0 Å². The summed E-state index contributed by atoms with van der Waals surface area (Å²) >= 11 is 0. The predicted octanol–water partition coefficient (Wildman–Crippen LogP) is 1.76. The van der Waals surface area contributed by atoms with Crippen molar-refractivity contribution < 1.29 is 17.5 Å². The van der Waals surface area contributed by atoms with Gasteiger partial charge in [-0.2, -0.15) is 4.31 Å². The van der Waals surface area contributed by atoms with E-state index in [2.05, 4.69) is 0 Å². The zero-order chi connectivity index (χ0) is 15.6. The van der Waals surface area contributed by atoms with Gasteiger partial charge in [0, 0.05) is 31.5 Å². The maximum atomic E-state index is 13.6. The lowest BCUT2D eigenvalue weighted by molar-refractivity contribution is 0.117. The van der Waals surface area contributed by atoms with Crippen molar-refractivity contribution in [3.8, 4) is 0 Å². The summed E-state index contributed by atoms with van der Waals surface area (Å²) in [6.45, 7) is 2.67. The molecular formula is C14H21FN2O3S. The molecule has 5 nitrogen and oxygen atoms in total. The summed E-state index contributed by atoms with van der Waals surface area (Å²) in [5, 5.41) is 0. The zero-order valence-corrected chi connectivity index (χ0v) is 13.1. The summed E-state index contributed by atoms with van der Waals surface area (Å²) in [5.74, 6) is 0.0177. The molecule has 118 valence electrons. The second-order valence-electron chi connectivity index (χ2n) is 5.47. The summed E-state index contributed by atoms with van der Waals surface area (Å²) in [7, 11) is -2.31. The number of nitrogen functional groups attached to an aromatic ring is 1. The third kappa shape index (κ3) is 3.93. The van der Waals surface area contributed by atoms with Gasteiger partial charge in [0.2, 0.25) is 10.0 Å². The fourth-order valence-corrected chi connectivity index (χ4v) is 3.38. The first kappa shape index (κ1) is 16.2. The van der Waals surface area contributed by atoms with E-state index in [1.807, 2.05) is 0 Å². The molecule has 1 aliphatic carbocycles. The molecular weight excluding hydrogens is 295 g/mol. The van der Waals surface area contributed by atoms with E-state index in [4.69, 9.17) is 10.5 Å². The molecule has 0 aromatic heterocycles. The van der Waals surface area contributed by atoms with Crippen molar-refractivity contribution in [1.82, 2.24) is 4.31 Å². The van der Waals surface area contributed by atoms with Crippen LogP contribution in [0.5, 0.6) is 0 Å². The van der Waals surface area contributed by atoms with Gasteiger partial charge in [-0.3, -0.25) is 0 Å². The van der Waals surface area contributed by atoms with Gasteiger partial charge in [-0.15, -0.1) is 0 Å². The summed E-state index contributed by atoms with van der Waals surface area (Å²) in [6.07, 6.45) is 2.38. The number of nitrogens with zero attached hydrogens (tertiary/aromatic N) is 1. The Balaban J connectivity index is 2.05. The third-order valence-electron chi connectivity index (χ3n) is 3.61. The Hall–Kier alpha value is -1.18. The first-order chi connectivity index (χ1) is 9.82. The summed E-state index contributed by atoms with van der Waals surface area (Å²) in [6, 6.07) is 2.41. The highest BCUT2D eigenvalue weighted by atomic mass is 32.2. The average Bonchev–Trinajstić information content (AvgIpc) is 3.22. The van der Waals surface area contributed by atoms with Crippen molar-refractivity contribution in [3.05, 3.63) is 23.5 Å². The molecule has 1 aromatic carbocycles. The first-order valence-corrected chi connectivity index (χ1v) is 8.36. The molecule has 1 aromatic rings. The van der Waals surface area contributed by atoms with E-state index in [1.165, 1.54) is 37.2 Å². The van der Waals surface area contributed by atoms with Crippen LogP contribution >= 0.6 is 0 Å². The fourth-order valence-electron chi connectivity index (χ4n) is 1.96. The van der Waals surface area contributed by atoms with Crippen LogP contribution in [0, 0.1) is 18.7 Å². The van der Waals surface area contributed by atoms with Gasteiger partial charge < -0.3 is 10.5 Å². The smallest absolute Gasteiger partial charge is 0.243 e. The second kappa shape index (κ2) is 6.29. The number of benzene rings is 1. The van der Waals surface area contributed by atoms with Crippen molar-refractivity contribution >= 4 is 15.7 Å². The molecule has 21 heavy (non-hydrogen) atoms. The van der Waals surface area contributed by atoms with Gasteiger partial charge in [-0.05, 0) is 37.8 Å². The highest BCUT2D eigenvalue weighted by molar-refractivity contribution is 7.89. The highest BCUT2D eigenvalue weighted by Gasteiger charge is 2.25. The average molecular weight is 316 g/mol. The summed E-state index contributed by atoms with van der Waals surface area (Å²) in [5.41, 5.74) is 5.71. The van der Waals surface area contributed by atoms with Crippen LogP contribution in [-0.2, 0) is 14.8 Å². The number of hydrogen-bond acceptors (Lipinski definition) is 4. The number of likely N-dealkylation sites (N-methyl/N-ethyl adjacent to an activating group) is 1. The molecule has 1 aliphatic rings.